The van der Waals surface area contributed by atoms with Crippen molar-refractivity contribution in [3.63, 3.8) is 0 Å². The average molecular weight is 385 g/mol. The van der Waals surface area contributed by atoms with Gasteiger partial charge in [-0.2, -0.15) is 0 Å². The van der Waals surface area contributed by atoms with Crippen LogP contribution in [0, 0.1) is 0 Å². The highest BCUT2D eigenvalue weighted by atomic mass is 16.5. The SMILES string of the molecule is COc1cccc(CCNc2ccc(C(=O)NCCN3CCOCC3)nn2)c1. The van der Waals surface area contributed by atoms with Gasteiger partial charge in [0.1, 0.15) is 11.6 Å². The number of aromatic nitrogens is 2. The summed E-state index contributed by atoms with van der Waals surface area (Å²) in [5.41, 5.74) is 1.50. The van der Waals surface area contributed by atoms with Crippen LogP contribution in [0.4, 0.5) is 5.82 Å². The standard InChI is InChI=1S/C20H27N5O3/c1-27-17-4-2-3-16(15-17)7-8-21-19-6-5-18(23-24-19)20(26)22-9-10-25-11-13-28-14-12-25/h2-6,15H,7-14H2,1H3,(H,21,24)(H,22,26). The van der Waals surface area contributed by atoms with Crippen LogP contribution in [0.15, 0.2) is 36.4 Å². The number of methoxy groups -OCH3 is 1. The highest BCUT2D eigenvalue weighted by molar-refractivity contribution is 5.92. The van der Waals surface area contributed by atoms with Crippen LogP contribution >= 0.6 is 0 Å². The van der Waals surface area contributed by atoms with Crippen molar-refractivity contribution in [3.05, 3.63) is 47.7 Å². The molecule has 28 heavy (non-hydrogen) atoms. The van der Waals surface area contributed by atoms with Crippen molar-refractivity contribution >= 4 is 11.7 Å². The van der Waals surface area contributed by atoms with Crippen molar-refractivity contribution in [3.8, 4) is 5.75 Å². The Kier molecular flexibility index (Phi) is 7.57. The molecule has 1 aromatic heterocycles. The van der Waals surface area contributed by atoms with Crippen LogP contribution < -0.4 is 15.4 Å². The third kappa shape index (κ3) is 6.17. The molecule has 150 valence electrons. The van der Waals surface area contributed by atoms with E-state index in [2.05, 4.69) is 31.8 Å². The van der Waals surface area contributed by atoms with Crippen LogP contribution in [0.2, 0.25) is 0 Å². The van der Waals surface area contributed by atoms with Crippen LogP contribution in [-0.4, -0.2) is 74.1 Å². The zero-order valence-electron chi connectivity index (χ0n) is 16.2. The van der Waals surface area contributed by atoms with E-state index in [-0.39, 0.29) is 5.91 Å². The molecule has 3 rings (SSSR count). The van der Waals surface area contributed by atoms with E-state index in [4.69, 9.17) is 9.47 Å². The van der Waals surface area contributed by atoms with E-state index >= 15 is 0 Å². The summed E-state index contributed by atoms with van der Waals surface area (Å²) in [7, 11) is 1.66. The van der Waals surface area contributed by atoms with E-state index in [0.717, 1.165) is 45.0 Å². The summed E-state index contributed by atoms with van der Waals surface area (Å²) < 4.78 is 10.5. The lowest BCUT2D eigenvalue weighted by molar-refractivity contribution is 0.0383. The molecule has 8 nitrogen and oxygen atoms in total. The quantitative estimate of drug-likeness (QED) is 0.671. The van der Waals surface area contributed by atoms with Crippen molar-refractivity contribution in [2.45, 2.75) is 6.42 Å². The van der Waals surface area contributed by atoms with Crippen molar-refractivity contribution in [2.75, 3.05) is 58.4 Å². The second-order valence-corrected chi connectivity index (χ2v) is 6.54. The summed E-state index contributed by atoms with van der Waals surface area (Å²) in [6.45, 7) is 5.44. The van der Waals surface area contributed by atoms with Crippen molar-refractivity contribution in [2.24, 2.45) is 0 Å². The van der Waals surface area contributed by atoms with Gasteiger partial charge in [0.05, 0.1) is 20.3 Å². The third-order valence-corrected chi connectivity index (χ3v) is 4.57. The maximum atomic E-state index is 12.2. The maximum absolute atomic E-state index is 12.2. The van der Waals surface area contributed by atoms with Crippen LogP contribution in [0.3, 0.4) is 0 Å². The topological polar surface area (TPSA) is 88.6 Å². The molecule has 1 amide bonds. The summed E-state index contributed by atoms with van der Waals surface area (Å²) >= 11 is 0. The number of carbonyl (C=O) groups is 1. The highest BCUT2D eigenvalue weighted by Crippen LogP contribution is 2.13. The molecular weight excluding hydrogens is 358 g/mol. The van der Waals surface area contributed by atoms with Gasteiger partial charge in [-0.1, -0.05) is 12.1 Å². The van der Waals surface area contributed by atoms with Crippen LogP contribution in [-0.2, 0) is 11.2 Å². The molecule has 2 aromatic rings. The number of carbonyl (C=O) groups excluding carboxylic acids is 1. The van der Waals surface area contributed by atoms with Gasteiger partial charge in [0.2, 0.25) is 0 Å². The van der Waals surface area contributed by atoms with E-state index in [1.54, 1.807) is 19.2 Å². The van der Waals surface area contributed by atoms with Crippen molar-refractivity contribution < 1.29 is 14.3 Å². The minimum absolute atomic E-state index is 0.205. The predicted octanol–water partition coefficient (Wildman–Crippen LogP) is 1.20. The molecule has 1 saturated heterocycles. The largest absolute Gasteiger partial charge is 0.497 e. The van der Waals surface area contributed by atoms with E-state index in [0.29, 0.717) is 24.6 Å². The monoisotopic (exact) mass is 385 g/mol. The van der Waals surface area contributed by atoms with Gasteiger partial charge in [-0.3, -0.25) is 9.69 Å². The molecular formula is C20H27N5O3. The zero-order valence-corrected chi connectivity index (χ0v) is 16.2. The molecule has 0 aliphatic carbocycles. The number of hydrogen-bond acceptors (Lipinski definition) is 7. The van der Waals surface area contributed by atoms with E-state index in [1.165, 1.54) is 5.56 Å². The number of benzene rings is 1. The van der Waals surface area contributed by atoms with Gasteiger partial charge in [-0.25, -0.2) is 0 Å². The fourth-order valence-corrected chi connectivity index (χ4v) is 2.95. The fraction of sp³-hybridized carbons (Fsp3) is 0.450. The number of nitrogens with zero attached hydrogens (tertiary/aromatic N) is 3. The van der Waals surface area contributed by atoms with Gasteiger partial charge < -0.3 is 20.1 Å². The minimum atomic E-state index is -0.205. The molecule has 1 aromatic carbocycles. The molecule has 8 heteroatoms. The molecule has 2 N–H and O–H groups in total. The maximum Gasteiger partial charge on any atom is 0.271 e. The number of anilines is 1. The van der Waals surface area contributed by atoms with Crippen LogP contribution in [0.1, 0.15) is 16.1 Å². The molecule has 1 aliphatic rings. The van der Waals surface area contributed by atoms with E-state index in [9.17, 15) is 4.79 Å². The molecule has 0 unspecified atom stereocenters. The summed E-state index contributed by atoms with van der Waals surface area (Å²) in [4.78, 5) is 14.4. The molecule has 0 spiro atoms. The highest BCUT2D eigenvalue weighted by Gasteiger charge is 2.12. The average Bonchev–Trinajstić information content (AvgIpc) is 2.75. The minimum Gasteiger partial charge on any atom is -0.497 e. The van der Waals surface area contributed by atoms with Crippen LogP contribution in [0.25, 0.3) is 0 Å². The van der Waals surface area contributed by atoms with Crippen molar-refractivity contribution in [1.82, 2.24) is 20.4 Å². The number of rotatable bonds is 9. The number of nitrogens with one attached hydrogen (secondary N) is 2. The Bertz CT molecular complexity index is 748. The Morgan fingerprint density at radius 1 is 1.18 bits per heavy atom. The van der Waals surface area contributed by atoms with Gasteiger partial charge in [0.25, 0.3) is 5.91 Å². The molecule has 0 radical (unpaired) electrons. The second-order valence-electron chi connectivity index (χ2n) is 6.54. The first-order valence-corrected chi connectivity index (χ1v) is 9.53. The summed E-state index contributed by atoms with van der Waals surface area (Å²) in [5.74, 6) is 1.29. The Morgan fingerprint density at radius 2 is 2.04 bits per heavy atom. The second kappa shape index (κ2) is 10.6. The lowest BCUT2D eigenvalue weighted by Gasteiger charge is -2.26. The van der Waals surface area contributed by atoms with Crippen LogP contribution in [0.5, 0.6) is 5.75 Å². The fourth-order valence-electron chi connectivity index (χ4n) is 2.95. The first-order chi connectivity index (χ1) is 13.7. The molecule has 1 aliphatic heterocycles. The predicted molar refractivity (Wildman–Crippen MR) is 107 cm³/mol. The lowest BCUT2D eigenvalue weighted by atomic mass is 10.1. The van der Waals surface area contributed by atoms with Gasteiger partial charge in [-0.05, 0) is 36.2 Å². The molecule has 2 heterocycles. The smallest absolute Gasteiger partial charge is 0.271 e. The summed E-state index contributed by atoms with van der Waals surface area (Å²) in [5, 5.41) is 14.2. The first-order valence-electron chi connectivity index (χ1n) is 9.53. The van der Waals surface area contributed by atoms with Gasteiger partial charge >= 0.3 is 0 Å². The Hall–Kier alpha value is -2.71. The molecule has 1 fully saturated rings. The normalized spacial score (nSPS) is 14.5. The van der Waals surface area contributed by atoms with Gasteiger partial charge in [0, 0.05) is 32.7 Å². The third-order valence-electron chi connectivity index (χ3n) is 4.57. The Morgan fingerprint density at radius 3 is 2.79 bits per heavy atom. The summed E-state index contributed by atoms with van der Waals surface area (Å²) in [6, 6.07) is 11.4. The zero-order chi connectivity index (χ0) is 19.6. The Labute approximate surface area is 165 Å². The summed E-state index contributed by atoms with van der Waals surface area (Å²) in [6.07, 6.45) is 0.836. The van der Waals surface area contributed by atoms with E-state index < -0.39 is 0 Å². The van der Waals surface area contributed by atoms with Gasteiger partial charge in [0.15, 0.2) is 5.69 Å². The molecule has 0 bridgehead atoms. The number of hydrogen-bond donors (Lipinski definition) is 2. The number of morpholine rings is 1. The molecule has 0 saturated carbocycles. The van der Waals surface area contributed by atoms with Crippen molar-refractivity contribution in [1.29, 1.82) is 0 Å². The number of ether oxygens (including phenoxy) is 2. The first kappa shape index (κ1) is 20.0. The lowest BCUT2D eigenvalue weighted by Crippen LogP contribution is -2.41. The van der Waals surface area contributed by atoms with Gasteiger partial charge in [-0.15, -0.1) is 10.2 Å². The number of amides is 1. The Balaban J connectivity index is 1.39. The molecule has 0 atom stereocenters. The van der Waals surface area contributed by atoms with E-state index in [1.807, 2.05) is 18.2 Å².